The van der Waals surface area contributed by atoms with Crippen molar-refractivity contribution in [2.45, 2.75) is 324 Å². The van der Waals surface area contributed by atoms with Gasteiger partial charge in [0.25, 0.3) is 0 Å². The second-order valence-electron chi connectivity index (χ2n) is 32.1. The maximum Gasteiger partial charge on any atom is 0.343 e. The smallest absolute Gasteiger partial charge is 0.343 e. The van der Waals surface area contributed by atoms with Crippen LogP contribution in [0.3, 0.4) is 0 Å². The number of ether oxygens (including phenoxy) is 12. The van der Waals surface area contributed by atoms with E-state index in [2.05, 4.69) is 27.7 Å². The van der Waals surface area contributed by atoms with Crippen LogP contribution in [0, 0.1) is 0 Å². The topological polar surface area (TPSA) is 145 Å². The Labute approximate surface area is 715 Å². The molecule has 0 aliphatic heterocycles. The Kier molecular flexibility index (Phi) is 48.2. The summed E-state index contributed by atoms with van der Waals surface area (Å²) in [5.41, 5.74) is 5.98. The standard InChI is InChI=1S/C105H144O14/c1-6-10-14-18-22-26-30-34-38-42-70-109-93-58-46-85(47-59-93)79-115-100-68-54-89(74-102(100)117-81-87-50-62-95(63-51-87)111-72-44-40-36-32-28-24-20-16-12-8-3)83-113-98-76-92(105(107)119-97-66-56-91(57-67-97)104(106)108-5)77-99(78-98)114-84-90-55-69-101(116-80-86-48-60-94(61-49-86)110-71-43-39-35-31-27-23-19-15-11-7-2)103(75-90)118-82-88-52-64-96(65-53-88)112-73-45-41-37-33-29-25-21-17-13-9-4/h46-69,74-78H,6-45,70-73,79-84H2,1-5H3. The maximum atomic E-state index is 14.3. The van der Waals surface area contributed by atoms with E-state index in [1.54, 1.807) is 42.5 Å². The SMILES string of the molecule is CCCCCCCCCCCCOc1ccc(COc2ccc(COc3cc(OCc4ccc(OCc5ccc(OCCCCCCCCCCCC)cc5)c(OCc5ccc(OCCCCCCCCCCCC)cc5)c4)cc(C(=O)Oc4ccc(C(=O)OC)cc4)c3)cc2OCc2ccc(OCCCCCCCCCCCC)cc2)cc1. The molecule has 0 amide bonds. The van der Waals surface area contributed by atoms with Crippen LogP contribution in [-0.4, -0.2) is 45.5 Å². The van der Waals surface area contributed by atoms with Crippen LogP contribution < -0.4 is 52.1 Å². The van der Waals surface area contributed by atoms with Crippen molar-refractivity contribution in [3.8, 4) is 63.2 Å². The molecule has 8 aromatic rings. The highest BCUT2D eigenvalue weighted by atomic mass is 16.5. The Morgan fingerprint density at radius 3 is 0.723 bits per heavy atom. The number of hydrogen-bond donors (Lipinski definition) is 0. The van der Waals surface area contributed by atoms with Gasteiger partial charge in [0.15, 0.2) is 23.0 Å². The molecule has 0 fully saturated rings. The van der Waals surface area contributed by atoms with Gasteiger partial charge in [-0.3, -0.25) is 0 Å². The molecule has 0 saturated heterocycles. The Morgan fingerprint density at radius 2 is 0.445 bits per heavy atom. The van der Waals surface area contributed by atoms with E-state index in [9.17, 15) is 9.59 Å². The van der Waals surface area contributed by atoms with Crippen molar-refractivity contribution in [3.05, 3.63) is 220 Å². The zero-order valence-electron chi connectivity index (χ0n) is 73.3. The van der Waals surface area contributed by atoms with Crippen LogP contribution in [0.4, 0.5) is 0 Å². The number of methoxy groups -OCH3 is 1. The van der Waals surface area contributed by atoms with Crippen LogP contribution in [0.15, 0.2) is 176 Å². The van der Waals surface area contributed by atoms with E-state index in [0.29, 0.717) is 79.7 Å². The molecular weight excluding hydrogens is 1490 g/mol. The van der Waals surface area contributed by atoms with E-state index < -0.39 is 11.9 Å². The van der Waals surface area contributed by atoms with Crippen molar-refractivity contribution in [3.63, 3.8) is 0 Å². The summed E-state index contributed by atoms with van der Waals surface area (Å²) in [7, 11) is 1.32. The lowest BCUT2D eigenvalue weighted by atomic mass is 10.1. The quantitative estimate of drug-likeness (QED) is 0.0202. The summed E-state index contributed by atoms with van der Waals surface area (Å²) >= 11 is 0. The third kappa shape index (κ3) is 40.5. The summed E-state index contributed by atoms with van der Waals surface area (Å²) in [5, 5.41) is 0. The summed E-state index contributed by atoms with van der Waals surface area (Å²) in [6, 6.07) is 55.2. The van der Waals surface area contributed by atoms with Crippen molar-refractivity contribution in [1.29, 1.82) is 0 Å². The monoisotopic (exact) mass is 1630 g/mol. The average Bonchev–Trinajstić information content (AvgIpc) is 0.822. The summed E-state index contributed by atoms with van der Waals surface area (Å²) in [5.74, 6) is 5.34. The highest BCUT2D eigenvalue weighted by Crippen LogP contribution is 2.35. The first-order valence-electron chi connectivity index (χ1n) is 46.1. The lowest BCUT2D eigenvalue weighted by Gasteiger charge is -2.17. The molecule has 648 valence electrons. The molecule has 0 bridgehead atoms. The summed E-state index contributed by atoms with van der Waals surface area (Å²) < 4.78 is 75.2. The van der Waals surface area contributed by atoms with Crippen LogP contribution in [0.5, 0.6) is 63.2 Å². The molecule has 8 aromatic carbocycles. The molecule has 0 saturated carbocycles. The van der Waals surface area contributed by atoms with Gasteiger partial charge in [0.05, 0.1) is 44.7 Å². The molecule has 14 nitrogen and oxygen atoms in total. The predicted molar refractivity (Wildman–Crippen MR) is 483 cm³/mol. The third-order valence-electron chi connectivity index (χ3n) is 21.8. The molecule has 0 radical (unpaired) electrons. The van der Waals surface area contributed by atoms with E-state index >= 15 is 0 Å². The van der Waals surface area contributed by atoms with Crippen molar-refractivity contribution >= 4 is 11.9 Å². The van der Waals surface area contributed by atoms with Crippen LogP contribution in [0.2, 0.25) is 0 Å². The van der Waals surface area contributed by atoms with Gasteiger partial charge in [-0.2, -0.15) is 0 Å². The maximum absolute atomic E-state index is 14.3. The first kappa shape index (κ1) is 95.2. The Hall–Kier alpha value is -9.30. The number of esters is 2. The Bertz CT molecular complexity index is 3730. The van der Waals surface area contributed by atoms with Gasteiger partial charge in [0.2, 0.25) is 0 Å². The van der Waals surface area contributed by atoms with Gasteiger partial charge in [-0.25, -0.2) is 9.59 Å². The van der Waals surface area contributed by atoms with E-state index in [4.69, 9.17) is 56.8 Å². The molecule has 8 rings (SSSR count). The molecule has 0 spiro atoms. The number of hydrogen-bond acceptors (Lipinski definition) is 14. The molecular formula is C105H144O14. The zero-order chi connectivity index (χ0) is 83.5. The fourth-order valence-corrected chi connectivity index (χ4v) is 14.4. The van der Waals surface area contributed by atoms with Crippen LogP contribution >= 0.6 is 0 Å². The lowest BCUT2D eigenvalue weighted by Crippen LogP contribution is -2.10. The summed E-state index contributed by atoms with van der Waals surface area (Å²) in [4.78, 5) is 26.6. The Balaban J connectivity index is 0.948. The van der Waals surface area contributed by atoms with Gasteiger partial charge >= 0.3 is 11.9 Å². The number of carbonyl (C=O) groups is 2. The van der Waals surface area contributed by atoms with Crippen LogP contribution in [0.1, 0.15) is 339 Å². The van der Waals surface area contributed by atoms with E-state index in [-0.39, 0.29) is 37.7 Å². The van der Waals surface area contributed by atoms with Gasteiger partial charge in [-0.05, 0) is 168 Å². The van der Waals surface area contributed by atoms with Gasteiger partial charge in [0, 0.05) is 6.07 Å². The van der Waals surface area contributed by atoms with Crippen LogP contribution in [-0.2, 0) is 44.4 Å². The fourth-order valence-electron chi connectivity index (χ4n) is 14.4. The number of rotatable bonds is 69. The van der Waals surface area contributed by atoms with E-state index in [0.717, 1.165) is 82.1 Å². The van der Waals surface area contributed by atoms with Crippen molar-refractivity contribution in [2.75, 3.05) is 33.5 Å². The molecule has 0 unspecified atom stereocenters. The summed E-state index contributed by atoms with van der Waals surface area (Å²) in [6.07, 6.45) is 51.2. The van der Waals surface area contributed by atoms with Gasteiger partial charge in [0.1, 0.15) is 79.9 Å². The zero-order valence-corrected chi connectivity index (χ0v) is 73.3. The van der Waals surface area contributed by atoms with Crippen molar-refractivity contribution in [2.24, 2.45) is 0 Å². The molecule has 0 aliphatic carbocycles. The Morgan fingerprint density at radius 1 is 0.202 bits per heavy atom. The minimum Gasteiger partial charge on any atom is -0.494 e. The first-order valence-corrected chi connectivity index (χ1v) is 46.1. The van der Waals surface area contributed by atoms with E-state index in [1.165, 1.54) is 238 Å². The lowest BCUT2D eigenvalue weighted by molar-refractivity contribution is 0.0600. The predicted octanol–water partition coefficient (Wildman–Crippen LogP) is 29.4. The van der Waals surface area contributed by atoms with E-state index in [1.807, 2.05) is 133 Å². The molecule has 0 aromatic heterocycles. The number of carbonyl (C=O) groups excluding carboxylic acids is 2. The minimum absolute atomic E-state index is 0.0872. The van der Waals surface area contributed by atoms with Crippen LogP contribution in [0.25, 0.3) is 0 Å². The summed E-state index contributed by atoms with van der Waals surface area (Å²) in [6.45, 7) is 13.2. The molecule has 0 aliphatic rings. The molecule has 0 N–H and O–H groups in total. The average molecular weight is 1630 g/mol. The highest BCUT2D eigenvalue weighted by molar-refractivity contribution is 5.92. The molecule has 0 atom stereocenters. The normalized spacial score (nSPS) is 11.1. The van der Waals surface area contributed by atoms with Crippen molar-refractivity contribution in [1.82, 2.24) is 0 Å². The largest absolute Gasteiger partial charge is 0.494 e. The molecule has 0 heterocycles. The second-order valence-corrected chi connectivity index (χ2v) is 32.1. The molecule has 119 heavy (non-hydrogen) atoms. The number of benzene rings is 8. The first-order chi connectivity index (χ1) is 58.7. The number of unbranched alkanes of at least 4 members (excludes halogenated alkanes) is 36. The van der Waals surface area contributed by atoms with Gasteiger partial charge < -0.3 is 56.8 Å². The fraction of sp³-hybridized carbons (Fsp3) is 0.524. The molecule has 14 heteroatoms. The highest BCUT2D eigenvalue weighted by Gasteiger charge is 2.18. The second kappa shape index (κ2) is 60.2. The third-order valence-corrected chi connectivity index (χ3v) is 21.8. The van der Waals surface area contributed by atoms with Gasteiger partial charge in [-0.1, -0.05) is 320 Å². The van der Waals surface area contributed by atoms with Gasteiger partial charge in [-0.15, -0.1) is 0 Å². The van der Waals surface area contributed by atoms with Crippen molar-refractivity contribution < 1.29 is 66.4 Å². The minimum atomic E-state index is -0.666.